The molecule has 7 heteroatoms. The van der Waals surface area contributed by atoms with E-state index in [0.717, 1.165) is 0 Å². The number of rotatable bonds is 0. The topological polar surface area (TPSA) is 101 Å². The quantitative estimate of drug-likeness (QED) is 0.131. The Morgan fingerprint density at radius 3 is 0.857 bits per heavy atom. The average Bonchev–Trinajstić information content (AvgIpc) is 1.41. The van der Waals surface area contributed by atoms with Crippen LogP contribution in [0.4, 0.5) is 0 Å². The predicted octanol–water partition coefficient (Wildman–Crippen LogP) is -2.68. The average molecular weight is 104 g/mol. The van der Waals surface area contributed by atoms with E-state index in [-0.39, 0.29) is 18.9 Å². The van der Waals surface area contributed by atoms with Crippen molar-refractivity contribution in [3.8, 4) is 0 Å². The molecule has 0 saturated heterocycles. The van der Waals surface area contributed by atoms with Crippen molar-refractivity contribution in [2.45, 2.75) is 0 Å². The van der Waals surface area contributed by atoms with Crippen LogP contribution in [0.5, 0.6) is 0 Å². The molecule has 0 fully saturated rings. The van der Waals surface area contributed by atoms with Gasteiger partial charge < -0.3 is 15.1 Å². The fourth-order valence-electron chi connectivity index (χ4n) is 0. The third-order valence-electron chi connectivity index (χ3n) is 0. The summed E-state index contributed by atoms with van der Waals surface area (Å²) in [5, 5.41) is 33.5. The van der Waals surface area contributed by atoms with Gasteiger partial charge in [0.25, 0.3) is 0 Å². The zero-order valence-corrected chi connectivity index (χ0v) is 2.81. The van der Waals surface area contributed by atoms with Crippen molar-refractivity contribution in [1.29, 1.82) is 0 Å². The molecule has 0 aromatic rings. The van der Waals surface area contributed by atoms with E-state index in [4.69, 9.17) is 25.6 Å². The summed E-state index contributed by atoms with van der Waals surface area (Å²) in [4.78, 5) is 0. The molecule has 5 N–H and O–H groups in total. The second-order valence-electron chi connectivity index (χ2n) is 0.346. The summed E-state index contributed by atoms with van der Waals surface area (Å²) in [5.74, 6) is 0. The van der Waals surface area contributed by atoms with Crippen LogP contribution in [-0.4, -0.2) is 51.8 Å². The Labute approximate surface area is 52.5 Å². The predicted molar refractivity (Wildman–Crippen MR) is 24.8 cm³/mol. The van der Waals surface area contributed by atoms with E-state index < -0.39 is 7.32 Å². The van der Waals surface area contributed by atoms with Gasteiger partial charge >= 0.3 is 26.2 Å². The molecule has 0 bridgehead atoms. The molecule has 0 aromatic carbocycles. The Balaban J connectivity index is -0.0000000480. The van der Waals surface area contributed by atoms with Gasteiger partial charge in [-0.3, -0.25) is 10.5 Å². The molecule has 7 heavy (non-hydrogen) atoms. The van der Waals surface area contributed by atoms with E-state index in [1.165, 1.54) is 0 Å². The molecule has 0 atom stereocenters. The summed E-state index contributed by atoms with van der Waals surface area (Å²) in [6.07, 6.45) is 0. The summed E-state index contributed by atoms with van der Waals surface area (Å²) in [7, 11) is -2.17. The van der Waals surface area contributed by atoms with Gasteiger partial charge in [-0.15, -0.1) is 0 Å². The Bertz CT molecular complexity index is 12.8. The fraction of sp³-hybridized carbons (Fsp3) is 0. The normalized spacial score (nSPS) is 4.71. The molecular formula is H6BLiO5. The maximum absolute atomic E-state index is 7.17. The van der Waals surface area contributed by atoms with Gasteiger partial charge in [-0.25, -0.2) is 0 Å². The van der Waals surface area contributed by atoms with Gasteiger partial charge in [0.1, 0.15) is 0 Å². The molecular weight excluding hydrogens is 97.7 g/mol. The minimum absolute atomic E-state index is 0. The van der Waals surface area contributed by atoms with Gasteiger partial charge in [-0.1, -0.05) is 0 Å². The van der Waals surface area contributed by atoms with E-state index >= 15 is 0 Å². The summed E-state index contributed by atoms with van der Waals surface area (Å²) in [6, 6.07) is 0. The Morgan fingerprint density at radius 2 is 0.857 bits per heavy atom. The van der Waals surface area contributed by atoms with Crippen LogP contribution in [0.15, 0.2) is 0 Å². The Morgan fingerprint density at radius 1 is 0.857 bits per heavy atom. The van der Waals surface area contributed by atoms with E-state index in [0.29, 0.717) is 0 Å². The van der Waals surface area contributed by atoms with Gasteiger partial charge in [0.15, 0.2) is 0 Å². The van der Waals surface area contributed by atoms with Crippen molar-refractivity contribution in [3.05, 3.63) is 0 Å². The van der Waals surface area contributed by atoms with Crippen molar-refractivity contribution in [2.24, 2.45) is 0 Å². The van der Waals surface area contributed by atoms with Crippen molar-refractivity contribution >= 4 is 26.2 Å². The second kappa shape index (κ2) is 16.1. The van der Waals surface area contributed by atoms with Crippen LogP contribution in [-0.2, 0) is 0 Å². The van der Waals surface area contributed by atoms with E-state index in [9.17, 15) is 0 Å². The van der Waals surface area contributed by atoms with Crippen LogP contribution in [0.25, 0.3) is 0 Å². The van der Waals surface area contributed by atoms with Crippen molar-refractivity contribution in [3.63, 3.8) is 0 Å². The third kappa shape index (κ3) is 602. The number of hydrogen-bond donors (Lipinski definition) is 5. The number of hydrogen-bond acceptors (Lipinski definition) is 5. The summed E-state index contributed by atoms with van der Waals surface area (Å²) < 4.78 is 0. The molecule has 0 radical (unpaired) electrons. The molecule has 0 heterocycles. The van der Waals surface area contributed by atoms with Gasteiger partial charge in [-0.2, -0.15) is 0 Å². The molecule has 0 aliphatic rings. The summed E-state index contributed by atoms with van der Waals surface area (Å²) in [5.41, 5.74) is 0. The molecule has 0 saturated carbocycles. The molecule has 0 unspecified atom stereocenters. The van der Waals surface area contributed by atoms with Crippen LogP contribution < -0.4 is 0 Å². The molecule has 0 spiro atoms. The van der Waals surface area contributed by atoms with E-state index in [2.05, 4.69) is 0 Å². The fourth-order valence-corrected chi connectivity index (χ4v) is 0. The second-order valence-corrected chi connectivity index (χ2v) is 0.346. The van der Waals surface area contributed by atoms with Crippen LogP contribution in [0.2, 0.25) is 0 Å². The van der Waals surface area contributed by atoms with Crippen molar-refractivity contribution < 1.29 is 25.6 Å². The van der Waals surface area contributed by atoms with Crippen LogP contribution >= 0.6 is 0 Å². The SMILES string of the molecule is OB(O)O.OO.[LiH]. The Hall–Kier alpha value is 0.462. The van der Waals surface area contributed by atoms with Crippen molar-refractivity contribution in [1.82, 2.24) is 0 Å². The van der Waals surface area contributed by atoms with E-state index in [1.807, 2.05) is 0 Å². The first-order chi connectivity index (χ1) is 2.73. The van der Waals surface area contributed by atoms with Crippen LogP contribution in [0.1, 0.15) is 0 Å². The first-order valence-corrected chi connectivity index (χ1v) is 0.975. The molecule has 0 amide bonds. The summed E-state index contributed by atoms with van der Waals surface area (Å²) in [6.45, 7) is 0. The van der Waals surface area contributed by atoms with Crippen LogP contribution in [0, 0.1) is 0 Å². The van der Waals surface area contributed by atoms with Crippen LogP contribution in [0.3, 0.4) is 0 Å². The molecule has 40 valence electrons. The van der Waals surface area contributed by atoms with Gasteiger partial charge in [0.05, 0.1) is 0 Å². The van der Waals surface area contributed by atoms with Gasteiger partial charge in [0, 0.05) is 0 Å². The first kappa shape index (κ1) is 15.7. The maximum atomic E-state index is 7.17. The van der Waals surface area contributed by atoms with Gasteiger partial charge in [0.2, 0.25) is 0 Å². The Kier molecular flexibility index (Phi) is 36.0. The molecule has 0 aliphatic carbocycles. The zero-order valence-electron chi connectivity index (χ0n) is 2.81. The molecule has 0 aromatic heterocycles. The first-order valence-electron chi connectivity index (χ1n) is 0.975. The summed E-state index contributed by atoms with van der Waals surface area (Å²) >= 11 is 0. The zero-order chi connectivity index (χ0) is 5.58. The van der Waals surface area contributed by atoms with E-state index in [1.54, 1.807) is 0 Å². The molecule has 0 aliphatic heterocycles. The third-order valence-corrected chi connectivity index (χ3v) is 0. The van der Waals surface area contributed by atoms with Crippen molar-refractivity contribution in [2.75, 3.05) is 0 Å². The van der Waals surface area contributed by atoms with Gasteiger partial charge in [-0.05, 0) is 0 Å². The minimum atomic E-state index is -2.17. The molecule has 0 rings (SSSR count). The monoisotopic (exact) mass is 104 g/mol. The standard InChI is InChI=1S/BH3O3.Li.H2O2.H/c2-1(3)4;;1-2;/h2-4H;;1-2H;. The molecule has 5 nitrogen and oxygen atoms in total.